The highest BCUT2D eigenvalue weighted by molar-refractivity contribution is 5.57. The summed E-state index contributed by atoms with van der Waals surface area (Å²) in [6.07, 6.45) is 1.69. The number of nitrogens with one attached hydrogen (secondary N) is 1. The Bertz CT molecular complexity index is 546. The molecule has 1 aromatic carbocycles. The average Bonchev–Trinajstić information content (AvgIpc) is 2.37. The number of nitriles is 1. The Labute approximate surface area is 98.5 Å². The first-order valence-corrected chi connectivity index (χ1v) is 5.13. The molecule has 2 rings (SSSR count). The first-order chi connectivity index (χ1) is 8.31. The van der Waals surface area contributed by atoms with E-state index in [0.717, 1.165) is 5.69 Å². The Hall–Kier alpha value is -2.41. The third kappa shape index (κ3) is 2.58. The van der Waals surface area contributed by atoms with Crippen molar-refractivity contribution in [2.45, 2.75) is 6.54 Å². The highest BCUT2D eigenvalue weighted by Crippen LogP contribution is 2.18. The quantitative estimate of drug-likeness (QED) is 0.877. The summed E-state index contributed by atoms with van der Waals surface area (Å²) in [6, 6.07) is 11.9. The van der Waals surface area contributed by atoms with Crippen LogP contribution in [0, 0.1) is 17.1 Å². The summed E-state index contributed by atoms with van der Waals surface area (Å²) in [5, 5.41) is 11.8. The summed E-state index contributed by atoms with van der Waals surface area (Å²) in [5.41, 5.74) is 1.35. The van der Waals surface area contributed by atoms with Gasteiger partial charge in [-0.1, -0.05) is 12.1 Å². The molecule has 84 valence electrons. The van der Waals surface area contributed by atoms with Crippen molar-refractivity contribution in [3.8, 4) is 6.07 Å². The highest BCUT2D eigenvalue weighted by atomic mass is 19.1. The van der Waals surface area contributed by atoms with E-state index in [1.54, 1.807) is 18.3 Å². The number of rotatable bonds is 3. The normalized spacial score (nSPS) is 9.65. The lowest BCUT2D eigenvalue weighted by molar-refractivity contribution is 0.624. The molecule has 17 heavy (non-hydrogen) atoms. The molecule has 0 aliphatic rings. The molecule has 3 nitrogen and oxygen atoms in total. The predicted octanol–water partition coefficient (Wildman–Crippen LogP) is 2.70. The SMILES string of the molecule is N#Cc1c(F)cccc1NCc1ccccn1. The van der Waals surface area contributed by atoms with Crippen LogP contribution in [-0.2, 0) is 6.54 Å². The van der Waals surface area contributed by atoms with Gasteiger partial charge in [0, 0.05) is 6.20 Å². The van der Waals surface area contributed by atoms with Crippen LogP contribution in [-0.4, -0.2) is 4.98 Å². The molecule has 0 bridgehead atoms. The summed E-state index contributed by atoms with van der Waals surface area (Å²) in [7, 11) is 0. The van der Waals surface area contributed by atoms with Gasteiger partial charge in [-0.2, -0.15) is 5.26 Å². The Morgan fingerprint density at radius 1 is 1.24 bits per heavy atom. The van der Waals surface area contributed by atoms with Gasteiger partial charge in [0.25, 0.3) is 0 Å². The van der Waals surface area contributed by atoms with E-state index in [9.17, 15) is 4.39 Å². The second-order valence-electron chi connectivity index (χ2n) is 3.45. The van der Waals surface area contributed by atoms with Gasteiger partial charge in [-0.05, 0) is 24.3 Å². The first-order valence-electron chi connectivity index (χ1n) is 5.13. The number of aromatic nitrogens is 1. The van der Waals surface area contributed by atoms with E-state index in [1.807, 2.05) is 24.3 Å². The fraction of sp³-hybridized carbons (Fsp3) is 0.0769. The number of hydrogen-bond acceptors (Lipinski definition) is 3. The molecule has 0 aliphatic carbocycles. The van der Waals surface area contributed by atoms with Crippen molar-refractivity contribution in [3.63, 3.8) is 0 Å². The molecule has 0 saturated heterocycles. The zero-order valence-corrected chi connectivity index (χ0v) is 9.02. The number of hydrogen-bond donors (Lipinski definition) is 1. The molecule has 0 saturated carbocycles. The Morgan fingerprint density at radius 2 is 2.12 bits per heavy atom. The van der Waals surface area contributed by atoms with Crippen LogP contribution in [0.25, 0.3) is 0 Å². The molecule has 0 spiro atoms. The average molecular weight is 227 g/mol. The van der Waals surface area contributed by atoms with E-state index in [2.05, 4.69) is 10.3 Å². The van der Waals surface area contributed by atoms with Crippen molar-refractivity contribution < 1.29 is 4.39 Å². The molecule has 1 N–H and O–H groups in total. The van der Waals surface area contributed by atoms with E-state index < -0.39 is 5.82 Å². The van der Waals surface area contributed by atoms with Crippen LogP contribution >= 0.6 is 0 Å². The minimum absolute atomic E-state index is 0.0310. The van der Waals surface area contributed by atoms with Crippen molar-refractivity contribution >= 4 is 5.69 Å². The van der Waals surface area contributed by atoms with E-state index in [0.29, 0.717) is 12.2 Å². The molecular formula is C13H10FN3. The van der Waals surface area contributed by atoms with Crippen molar-refractivity contribution in [1.82, 2.24) is 4.98 Å². The predicted molar refractivity (Wildman–Crippen MR) is 62.7 cm³/mol. The van der Waals surface area contributed by atoms with Crippen LogP contribution in [0.2, 0.25) is 0 Å². The van der Waals surface area contributed by atoms with Gasteiger partial charge in [-0.25, -0.2) is 4.39 Å². The van der Waals surface area contributed by atoms with Crippen LogP contribution in [0.15, 0.2) is 42.6 Å². The Balaban J connectivity index is 2.15. The smallest absolute Gasteiger partial charge is 0.143 e. The van der Waals surface area contributed by atoms with Gasteiger partial charge >= 0.3 is 0 Å². The maximum absolute atomic E-state index is 13.3. The molecule has 0 fully saturated rings. The van der Waals surface area contributed by atoms with Crippen molar-refractivity contribution in [2.75, 3.05) is 5.32 Å². The lowest BCUT2D eigenvalue weighted by Gasteiger charge is -2.07. The largest absolute Gasteiger partial charge is 0.378 e. The minimum atomic E-state index is -0.515. The van der Waals surface area contributed by atoms with Crippen LogP contribution < -0.4 is 5.32 Å². The number of benzene rings is 1. The lowest BCUT2D eigenvalue weighted by Crippen LogP contribution is -2.03. The van der Waals surface area contributed by atoms with E-state index >= 15 is 0 Å². The Kier molecular flexibility index (Phi) is 3.31. The van der Waals surface area contributed by atoms with E-state index in [1.165, 1.54) is 6.07 Å². The minimum Gasteiger partial charge on any atom is -0.378 e. The van der Waals surface area contributed by atoms with Crippen molar-refractivity contribution in [3.05, 3.63) is 59.7 Å². The molecule has 4 heteroatoms. The zero-order valence-electron chi connectivity index (χ0n) is 9.02. The fourth-order valence-electron chi connectivity index (χ4n) is 1.47. The second kappa shape index (κ2) is 5.08. The number of nitrogens with zero attached hydrogens (tertiary/aromatic N) is 2. The molecule has 1 heterocycles. The molecule has 0 atom stereocenters. The monoisotopic (exact) mass is 227 g/mol. The molecule has 1 aromatic heterocycles. The molecule has 0 radical (unpaired) electrons. The fourth-order valence-corrected chi connectivity index (χ4v) is 1.47. The van der Waals surface area contributed by atoms with E-state index in [-0.39, 0.29) is 5.56 Å². The van der Waals surface area contributed by atoms with Gasteiger partial charge in [-0.15, -0.1) is 0 Å². The van der Waals surface area contributed by atoms with Crippen LogP contribution in [0.5, 0.6) is 0 Å². The first kappa shape index (κ1) is 11.1. The molecule has 0 aliphatic heterocycles. The van der Waals surface area contributed by atoms with Gasteiger partial charge in [0.05, 0.1) is 17.9 Å². The second-order valence-corrected chi connectivity index (χ2v) is 3.45. The summed E-state index contributed by atoms with van der Waals surface area (Å²) in [6.45, 7) is 0.457. The maximum atomic E-state index is 13.3. The third-order valence-corrected chi connectivity index (χ3v) is 2.31. The molecule has 0 amide bonds. The van der Waals surface area contributed by atoms with Gasteiger partial charge in [0.15, 0.2) is 0 Å². The summed E-state index contributed by atoms with van der Waals surface area (Å²) in [4.78, 5) is 4.13. The summed E-state index contributed by atoms with van der Waals surface area (Å²) >= 11 is 0. The number of pyridine rings is 1. The Morgan fingerprint density at radius 3 is 2.82 bits per heavy atom. The molecule has 0 unspecified atom stereocenters. The van der Waals surface area contributed by atoms with E-state index in [4.69, 9.17) is 5.26 Å². The highest BCUT2D eigenvalue weighted by Gasteiger charge is 2.06. The van der Waals surface area contributed by atoms with Crippen LogP contribution in [0.3, 0.4) is 0 Å². The standard InChI is InChI=1S/C13H10FN3/c14-12-5-3-6-13(11(12)8-15)17-9-10-4-1-2-7-16-10/h1-7,17H,9H2. The van der Waals surface area contributed by atoms with Gasteiger partial charge in [0.2, 0.25) is 0 Å². The van der Waals surface area contributed by atoms with Crippen molar-refractivity contribution in [1.29, 1.82) is 5.26 Å². The number of anilines is 1. The number of halogens is 1. The lowest BCUT2D eigenvalue weighted by atomic mass is 10.2. The molecule has 2 aromatic rings. The van der Waals surface area contributed by atoms with Crippen molar-refractivity contribution in [2.24, 2.45) is 0 Å². The topological polar surface area (TPSA) is 48.7 Å². The summed E-state index contributed by atoms with van der Waals surface area (Å²) in [5.74, 6) is -0.515. The van der Waals surface area contributed by atoms with Crippen LogP contribution in [0.4, 0.5) is 10.1 Å². The van der Waals surface area contributed by atoms with Gasteiger partial charge < -0.3 is 5.32 Å². The van der Waals surface area contributed by atoms with Crippen LogP contribution in [0.1, 0.15) is 11.3 Å². The zero-order chi connectivity index (χ0) is 12.1. The van der Waals surface area contributed by atoms with Gasteiger partial charge in [0.1, 0.15) is 17.4 Å². The maximum Gasteiger partial charge on any atom is 0.143 e. The third-order valence-electron chi connectivity index (χ3n) is 2.31. The molecular weight excluding hydrogens is 217 g/mol. The summed E-state index contributed by atoms with van der Waals surface area (Å²) < 4.78 is 13.3. The van der Waals surface area contributed by atoms with Gasteiger partial charge in [-0.3, -0.25) is 4.98 Å².